The van der Waals surface area contributed by atoms with Crippen LogP contribution < -0.4 is 0 Å². The Bertz CT molecular complexity index is 3190. The van der Waals surface area contributed by atoms with Crippen LogP contribution in [0.2, 0.25) is 0 Å². The first-order valence-electron chi connectivity index (χ1n) is 19.1. The number of furan rings is 1. The zero-order chi connectivity index (χ0) is 36.6. The van der Waals surface area contributed by atoms with Crippen LogP contribution in [0.3, 0.4) is 0 Å². The summed E-state index contributed by atoms with van der Waals surface area (Å²) in [6.45, 7) is 4.47. The van der Waals surface area contributed by atoms with E-state index in [0.717, 1.165) is 21.9 Å². The zero-order valence-corrected chi connectivity index (χ0v) is 30.7. The SMILES string of the molecule is Cc1cccc(C)c1-c1c2ccccc2c(-c2cccc3oc4cccc(-c5c6ccccc6c(-c6ccccc6)c6ccccc56)c4c23)c2ccccc12. The Kier molecular flexibility index (Phi) is 7.06. The minimum Gasteiger partial charge on any atom is -0.456 e. The van der Waals surface area contributed by atoms with Crippen LogP contribution in [-0.2, 0) is 0 Å². The molecule has 0 fully saturated rings. The molecule has 0 N–H and O–H groups in total. The lowest BCUT2D eigenvalue weighted by molar-refractivity contribution is 0.669. The fraction of sp³-hybridized carbons (Fsp3) is 0.0370. The molecule has 0 radical (unpaired) electrons. The van der Waals surface area contributed by atoms with E-state index in [4.69, 9.17) is 4.42 Å². The van der Waals surface area contributed by atoms with Gasteiger partial charge in [-0.05, 0) is 125 Å². The Labute approximate surface area is 319 Å². The van der Waals surface area contributed by atoms with Crippen LogP contribution in [0.4, 0.5) is 0 Å². The Morgan fingerprint density at radius 1 is 0.273 bits per heavy atom. The molecule has 11 rings (SSSR count). The molecular formula is C54H36O. The summed E-state index contributed by atoms with van der Waals surface area (Å²) in [7, 11) is 0. The average Bonchev–Trinajstić information content (AvgIpc) is 3.62. The predicted molar refractivity (Wildman–Crippen MR) is 235 cm³/mol. The van der Waals surface area contributed by atoms with Crippen molar-refractivity contribution in [3.8, 4) is 44.5 Å². The Balaban J connectivity index is 1.29. The molecule has 0 saturated heterocycles. The molecule has 0 bridgehead atoms. The minimum atomic E-state index is 0.890. The average molecular weight is 701 g/mol. The topological polar surface area (TPSA) is 13.1 Å². The molecule has 0 spiro atoms. The van der Waals surface area contributed by atoms with Crippen LogP contribution in [0.1, 0.15) is 11.1 Å². The van der Waals surface area contributed by atoms with Gasteiger partial charge in [-0.25, -0.2) is 0 Å². The largest absolute Gasteiger partial charge is 0.456 e. The molecule has 10 aromatic carbocycles. The third-order valence-corrected chi connectivity index (χ3v) is 11.7. The highest BCUT2D eigenvalue weighted by molar-refractivity contribution is 6.30. The van der Waals surface area contributed by atoms with Crippen molar-refractivity contribution in [1.29, 1.82) is 0 Å². The van der Waals surface area contributed by atoms with E-state index in [2.05, 4.69) is 196 Å². The van der Waals surface area contributed by atoms with Gasteiger partial charge in [-0.2, -0.15) is 0 Å². The van der Waals surface area contributed by atoms with E-state index in [1.807, 2.05) is 0 Å². The number of rotatable bonds is 4. The van der Waals surface area contributed by atoms with Crippen molar-refractivity contribution in [1.82, 2.24) is 0 Å². The number of hydrogen-bond donors (Lipinski definition) is 0. The molecule has 0 aliphatic heterocycles. The fourth-order valence-electron chi connectivity index (χ4n) is 9.51. The molecule has 0 aliphatic rings. The van der Waals surface area contributed by atoms with Crippen molar-refractivity contribution >= 4 is 65.0 Å². The summed E-state index contributed by atoms with van der Waals surface area (Å²) in [5, 5.41) is 12.2. The van der Waals surface area contributed by atoms with Crippen molar-refractivity contribution in [2.75, 3.05) is 0 Å². The summed E-state index contributed by atoms with van der Waals surface area (Å²) in [6, 6.07) is 66.4. The van der Waals surface area contributed by atoms with Crippen molar-refractivity contribution < 1.29 is 4.42 Å². The van der Waals surface area contributed by atoms with Gasteiger partial charge in [0.25, 0.3) is 0 Å². The maximum absolute atomic E-state index is 6.84. The highest BCUT2D eigenvalue weighted by Gasteiger charge is 2.24. The van der Waals surface area contributed by atoms with Crippen molar-refractivity contribution in [3.63, 3.8) is 0 Å². The molecule has 0 unspecified atom stereocenters. The van der Waals surface area contributed by atoms with E-state index in [1.165, 1.54) is 98.7 Å². The van der Waals surface area contributed by atoms with Gasteiger partial charge in [-0.1, -0.05) is 170 Å². The summed E-state index contributed by atoms with van der Waals surface area (Å²) in [5.74, 6) is 0. The van der Waals surface area contributed by atoms with Crippen molar-refractivity contribution in [2.45, 2.75) is 13.8 Å². The van der Waals surface area contributed by atoms with E-state index < -0.39 is 0 Å². The Morgan fingerprint density at radius 3 is 1.04 bits per heavy atom. The third kappa shape index (κ3) is 4.66. The van der Waals surface area contributed by atoms with E-state index in [-0.39, 0.29) is 0 Å². The molecule has 55 heavy (non-hydrogen) atoms. The van der Waals surface area contributed by atoms with E-state index >= 15 is 0 Å². The van der Waals surface area contributed by atoms with Crippen molar-refractivity contribution in [3.05, 3.63) is 193 Å². The lowest BCUT2D eigenvalue weighted by atomic mass is 9.82. The fourth-order valence-corrected chi connectivity index (χ4v) is 9.51. The number of fused-ring (bicyclic) bond motifs is 7. The molecule has 258 valence electrons. The van der Waals surface area contributed by atoms with Gasteiger partial charge >= 0.3 is 0 Å². The summed E-state index contributed by atoms with van der Waals surface area (Å²) in [6.07, 6.45) is 0. The smallest absolute Gasteiger partial charge is 0.136 e. The molecule has 1 nitrogen and oxygen atoms in total. The summed E-state index contributed by atoms with van der Waals surface area (Å²) in [5.41, 5.74) is 14.3. The normalized spacial score (nSPS) is 11.8. The number of benzene rings is 10. The zero-order valence-electron chi connectivity index (χ0n) is 30.7. The quantitative estimate of drug-likeness (QED) is 0.167. The molecule has 1 aromatic heterocycles. The van der Waals surface area contributed by atoms with Crippen LogP contribution >= 0.6 is 0 Å². The number of hydrogen-bond acceptors (Lipinski definition) is 1. The summed E-state index contributed by atoms with van der Waals surface area (Å²) in [4.78, 5) is 0. The van der Waals surface area contributed by atoms with Gasteiger partial charge in [0.2, 0.25) is 0 Å². The molecule has 0 aliphatic carbocycles. The molecule has 0 amide bonds. The van der Waals surface area contributed by atoms with Crippen molar-refractivity contribution in [2.24, 2.45) is 0 Å². The highest BCUT2D eigenvalue weighted by atomic mass is 16.3. The molecule has 0 atom stereocenters. The molecule has 1 heteroatoms. The van der Waals surface area contributed by atoms with Gasteiger partial charge in [-0.3, -0.25) is 0 Å². The third-order valence-electron chi connectivity index (χ3n) is 11.7. The van der Waals surface area contributed by atoms with E-state index in [1.54, 1.807) is 0 Å². The van der Waals surface area contributed by atoms with Crippen LogP contribution in [0, 0.1) is 13.8 Å². The number of aryl methyl sites for hydroxylation is 2. The Hall–Kier alpha value is -6.96. The second kappa shape index (κ2) is 12.3. The standard InChI is InChI=1S/C54H36O/c1-33-17-14-18-34(2)48(33)52-42-27-12-10-25-40(42)51(41-26-11-13-28-43(41)52)45-30-16-32-47-54(45)53-44(29-15-31-46(53)55-47)50-38-23-8-6-21-36(38)49(35-19-4-3-5-20-35)37-22-7-9-24-39(37)50/h3-32H,1-2H3. The van der Waals surface area contributed by atoms with Gasteiger partial charge in [0.15, 0.2) is 0 Å². The maximum Gasteiger partial charge on any atom is 0.136 e. The van der Waals surface area contributed by atoms with Crippen LogP contribution in [0.5, 0.6) is 0 Å². The molecule has 1 heterocycles. The van der Waals surface area contributed by atoms with Gasteiger partial charge in [0, 0.05) is 10.8 Å². The van der Waals surface area contributed by atoms with Gasteiger partial charge in [0.1, 0.15) is 11.2 Å². The Morgan fingerprint density at radius 2 is 0.618 bits per heavy atom. The van der Waals surface area contributed by atoms with Crippen LogP contribution in [-0.4, -0.2) is 0 Å². The van der Waals surface area contributed by atoms with E-state index in [0.29, 0.717) is 0 Å². The maximum atomic E-state index is 6.84. The highest BCUT2D eigenvalue weighted by Crippen LogP contribution is 2.51. The first-order valence-corrected chi connectivity index (χ1v) is 19.1. The van der Waals surface area contributed by atoms with Gasteiger partial charge in [0.05, 0.1) is 0 Å². The second-order valence-electron chi connectivity index (χ2n) is 14.8. The lowest BCUT2D eigenvalue weighted by Crippen LogP contribution is -1.94. The van der Waals surface area contributed by atoms with E-state index in [9.17, 15) is 0 Å². The molecule has 0 saturated carbocycles. The second-order valence-corrected chi connectivity index (χ2v) is 14.8. The summed E-state index contributed by atoms with van der Waals surface area (Å²) >= 11 is 0. The predicted octanol–water partition coefficient (Wildman–Crippen LogP) is 15.5. The minimum absolute atomic E-state index is 0.890. The van der Waals surface area contributed by atoms with Crippen LogP contribution in [0.15, 0.2) is 186 Å². The lowest BCUT2D eigenvalue weighted by Gasteiger charge is -2.21. The van der Waals surface area contributed by atoms with Gasteiger partial charge < -0.3 is 4.42 Å². The van der Waals surface area contributed by atoms with Crippen LogP contribution in [0.25, 0.3) is 110 Å². The first kappa shape index (κ1) is 31.6. The molecule has 11 aromatic rings. The summed E-state index contributed by atoms with van der Waals surface area (Å²) < 4.78 is 6.84. The monoisotopic (exact) mass is 700 g/mol. The first-order chi connectivity index (χ1) is 27.2. The molecular weight excluding hydrogens is 665 g/mol. The van der Waals surface area contributed by atoms with Gasteiger partial charge in [-0.15, -0.1) is 0 Å².